The summed E-state index contributed by atoms with van der Waals surface area (Å²) in [7, 11) is 1.80. The molecule has 164 valence electrons. The molecule has 7 heteroatoms. The van der Waals surface area contributed by atoms with Crippen LogP contribution in [0, 0.1) is 6.92 Å². The van der Waals surface area contributed by atoms with Crippen LogP contribution in [0.1, 0.15) is 23.6 Å². The Morgan fingerprint density at radius 2 is 2.19 bits per heavy atom. The number of pyridine rings is 1. The van der Waals surface area contributed by atoms with E-state index in [-0.39, 0.29) is 6.10 Å². The number of anilines is 1. The topological polar surface area (TPSA) is 77.6 Å². The van der Waals surface area contributed by atoms with Gasteiger partial charge in [-0.15, -0.1) is 0 Å². The second-order valence-electron chi connectivity index (χ2n) is 8.12. The average Bonchev–Trinajstić information content (AvgIpc) is 3.18. The number of nitrogens with one attached hydrogen (secondary N) is 3. The number of hydrogen-bond acceptors (Lipinski definition) is 4. The third-order valence-corrected chi connectivity index (χ3v) is 5.67. The van der Waals surface area contributed by atoms with Gasteiger partial charge in [-0.1, -0.05) is 18.2 Å². The Kier molecular flexibility index (Phi) is 6.72. The highest BCUT2D eigenvalue weighted by molar-refractivity contribution is 5.84. The molecule has 0 radical (unpaired) electrons. The zero-order chi connectivity index (χ0) is 21.6. The third-order valence-electron chi connectivity index (χ3n) is 5.67. The number of benzene rings is 1. The van der Waals surface area contributed by atoms with Gasteiger partial charge in [0.15, 0.2) is 5.96 Å². The molecule has 3 N–H and O–H groups in total. The van der Waals surface area contributed by atoms with Crippen LogP contribution in [0.5, 0.6) is 0 Å². The molecular weight excluding hydrogens is 388 g/mol. The van der Waals surface area contributed by atoms with Gasteiger partial charge in [-0.3, -0.25) is 4.99 Å². The number of aromatic amines is 1. The van der Waals surface area contributed by atoms with Gasteiger partial charge in [0.1, 0.15) is 5.82 Å². The second-order valence-corrected chi connectivity index (χ2v) is 8.12. The third kappa shape index (κ3) is 5.35. The van der Waals surface area contributed by atoms with Gasteiger partial charge in [0.2, 0.25) is 0 Å². The summed E-state index contributed by atoms with van der Waals surface area (Å²) in [6, 6.07) is 10.7. The molecule has 1 atom stereocenters. The number of aromatic nitrogens is 2. The number of guanidine groups is 1. The number of morpholine rings is 1. The number of aryl methyl sites for hydroxylation is 1. The fourth-order valence-corrected chi connectivity index (χ4v) is 3.96. The smallest absolute Gasteiger partial charge is 0.191 e. The van der Waals surface area contributed by atoms with E-state index in [0.717, 1.165) is 50.0 Å². The van der Waals surface area contributed by atoms with Gasteiger partial charge in [-0.05, 0) is 49.1 Å². The molecule has 3 aromatic rings. The molecule has 31 heavy (non-hydrogen) atoms. The Morgan fingerprint density at radius 3 is 2.97 bits per heavy atom. The van der Waals surface area contributed by atoms with Crippen LogP contribution in [-0.4, -0.2) is 55.3 Å². The fourth-order valence-electron chi connectivity index (χ4n) is 3.96. The first-order valence-electron chi connectivity index (χ1n) is 10.9. The number of ether oxygens (including phenoxy) is 1. The van der Waals surface area contributed by atoms with Crippen LogP contribution in [0.2, 0.25) is 0 Å². The Labute approximate surface area is 183 Å². The number of fused-ring (bicyclic) bond motifs is 1. The van der Waals surface area contributed by atoms with E-state index in [1.54, 1.807) is 7.05 Å². The summed E-state index contributed by atoms with van der Waals surface area (Å²) in [5.41, 5.74) is 4.90. The summed E-state index contributed by atoms with van der Waals surface area (Å²) in [4.78, 5) is 14.6. The van der Waals surface area contributed by atoms with E-state index in [2.05, 4.69) is 80.9 Å². The normalized spacial score (nSPS) is 17.2. The molecule has 7 nitrogen and oxygen atoms in total. The summed E-state index contributed by atoms with van der Waals surface area (Å²) < 4.78 is 5.61. The molecule has 0 bridgehead atoms. The van der Waals surface area contributed by atoms with Gasteiger partial charge >= 0.3 is 0 Å². The van der Waals surface area contributed by atoms with Gasteiger partial charge in [-0.2, -0.15) is 0 Å². The van der Waals surface area contributed by atoms with E-state index < -0.39 is 0 Å². The Balaban J connectivity index is 1.25. The maximum atomic E-state index is 5.61. The van der Waals surface area contributed by atoms with Gasteiger partial charge in [0.25, 0.3) is 0 Å². The van der Waals surface area contributed by atoms with Gasteiger partial charge in [0, 0.05) is 56.5 Å². The van der Waals surface area contributed by atoms with E-state index in [1.807, 2.05) is 6.20 Å². The minimum atomic E-state index is 0.250. The molecule has 1 fully saturated rings. The Bertz CT molecular complexity index is 1030. The van der Waals surface area contributed by atoms with Crippen molar-refractivity contribution in [1.82, 2.24) is 20.6 Å². The van der Waals surface area contributed by atoms with Crippen molar-refractivity contribution in [1.29, 1.82) is 0 Å². The standard InChI is InChI=1S/C24H32N6O/c1-17-4-6-21-20(15-27-22(21)12-17)8-9-26-24(25-3)29-14-19-5-7-23(28-13-19)30-10-11-31-18(2)16-30/h4-7,12-13,15,18,27H,8-11,14,16H2,1-3H3,(H2,25,26,29). The molecule has 3 heterocycles. The molecule has 0 aliphatic carbocycles. The van der Waals surface area contributed by atoms with E-state index in [1.165, 1.54) is 22.0 Å². The molecule has 1 unspecified atom stereocenters. The number of aliphatic imine (C=N–C) groups is 1. The molecule has 0 saturated carbocycles. The van der Waals surface area contributed by atoms with Crippen molar-refractivity contribution in [3.05, 3.63) is 59.4 Å². The summed E-state index contributed by atoms with van der Waals surface area (Å²) in [5, 5.41) is 8.07. The van der Waals surface area contributed by atoms with Crippen LogP contribution in [0.4, 0.5) is 5.82 Å². The molecule has 1 aliphatic heterocycles. The predicted molar refractivity (Wildman–Crippen MR) is 127 cm³/mol. The van der Waals surface area contributed by atoms with Crippen LogP contribution in [0.3, 0.4) is 0 Å². The summed E-state index contributed by atoms with van der Waals surface area (Å²) in [6.07, 6.45) is 5.21. The van der Waals surface area contributed by atoms with Crippen LogP contribution < -0.4 is 15.5 Å². The number of nitrogens with zero attached hydrogens (tertiary/aromatic N) is 3. The lowest BCUT2D eigenvalue weighted by Gasteiger charge is -2.32. The quantitative estimate of drug-likeness (QED) is 0.422. The maximum absolute atomic E-state index is 5.61. The van der Waals surface area contributed by atoms with Gasteiger partial charge in [-0.25, -0.2) is 4.98 Å². The minimum Gasteiger partial charge on any atom is -0.375 e. The van der Waals surface area contributed by atoms with Crippen LogP contribution in [0.15, 0.2) is 47.7 Å². The van der Waals surface area contributed by atoms with E-state index in [9.17, 15) is 0 Å². The summed E-state index contributed by atoms with van der Waals surface area (Å²) in [6.45, 7) is 8.24. The van der Waals surface area contributed by atoms with Crippen LogP contribution in [0.25, 0.3) is 10.9 Å². The van der Waals surface area contributed by atoms with E-state index >= 15 is 0 Å². The zero-order valence-electron chi connectivity index (χ0n) is 18.6. The average molecular weight is 421 g/mol. The van der Waals surface area contributed by atoms with Crippen molar-refractivity contribution in [2.45, 2.75) is 32.9 Å². The first kappa shape index (κ1) is 21.2. The Morgan fingerprint density at radius 1 is 1.29 bits per heavy atom. The molecule has 4 rings (SSSR count). The van der Waals surface area contributed by atoms with Crippen molar-refractivity contribution in [3.63, 3.8) is 0 Å². The highest BCUT2D eigenvalue weighted by Crippen LogP contribution is 2.19. The fraction of sp³-hybridized carbons (Fsp3) is 0.417. The molecule has 1 aromatic carbocycles. The largest absolute Gasteiger partial charge is 0.375 e. The van der Waals surface area contributed by atoms with Crippen molar-refractivity contribution in [2.24, 2.45) is 4.99 Å². The highest BCUT2D eigenvalue weighted by atomic mass is 16.5. The lowest BCUT2D eigenvalue weighted by molar-refractivity contribution is 0.0529. The number of H-pyrrole nitrogens is 1. The first-order chi connectivity index (χ1) is 15.1. The summed E-state index contributed by atoms with van der Waals surface area (Å²) in [5.74, 6) is 1.80. The minimum absolute atomic E-state index is 0.250. The Hall–Kier alpha value is -3.06. The van der Waals surface area contributed by atoms with Crippen molar-refractivity contribution in [3.8, 4) is 0 Å². The molecule has 0 spiro atoms. The van der Waals surface area contributed by atoms with Crippen LogP contribution in [-0.2, 0) is 17.7 Å². The lowest BCUT2D eigenvalue weighted by atomic mass is 10.1. The number of rotatable bonds is 6. The van der Waals surface area contributed by atoms with Crippen molar-refractivity contribution >= 4 is 22.7 Å². The lowest BCUT2D eigenvalue weighted by Crippen LogP contribution is -2.41. The van der Waals surface area contributed by atoms with Crippen molar-refractivity contribution in [2.75, 3.05) is 38.2 Å². The van der Waals surface area contributed by atoms with Crippen LogP contribution >= 0.6 is 0 Å². The monoisotopic (exact) mass is 420 g/mol. The molecular formula is C24H32N6O. The summed E-state index contributed by atoms with van der Waals surface area (Å²) >= 11 is 0. The number of hydrogen-bond donors (Lipinski definition) is 3. The SMILES string of the molecule is CN=C(NCCc1c[nH]c2cc(C)ccc12)NCc1ccc(N2CCOC(C)C2)nc1. The molecule has 1 saturated heterocycles. The van der Waals surface area contributed by atoms with Crippen molar-refractivity contribution < 1.29 is 4.74 Å². The first-order valence-corrected chi connectivity index (χ1v) is 10.9. The zero-order valence-corrected chi connectivity index (χ0v) is 18.6. The highest BCUT2D eigenvalue weighted by Gasteiger charge is 2.17. The second kappa shape index (κ2) is 9.83. The molecule has 2 aromatic heterocycles. The van der Waals surface area contributed by atoms with E-state index in [0.29, 0.717) is 6.54 Å². The maximum Gasteiger partial charge on any atom is 0.191 e. The van der Waals surface area contributed by atoms with E-state index in [4.69, 9.17) is 4.74 Å². The molecule has 0 amide bonds. The molecule has 1 aliphatic rings. The predicted octanol–water partition coefficient (Wildman–Crippen LogP) is 3.00. The van der Waals surface area contributed by atoms with Gasteiger partial charge in [0.05, 0.1) is 12.7 Å². The van der Waals surface area contributed by atoms with Gasteiger partial charge < -0.3 is 25.3 Å².